The highest BCUT2D eigenvalue weighted by atomic mass is 35.5. The van der Waals surface area contributed by atoms with Crippen LogP contribution in [-0.4, -0.2) is 17.3 Å². The summed E-state index contributed by atoms with van der Waals surface area (Å²) in [5.41, 5.74) is 2.15. The monoisotopic (exact) mass is 347 g/mol. The first kappa shape index (κ1) is 14.8. The first-order chi connectivity index (χ1) is 11.2. The summed E-state index contributed by atoms with van der Waals surface area (Å²) in [5.74, 6) is 0.962. The van der Waals surface area contributed by atoms with Crippen molar-refractivity contribution in [1.82, 2.24) is 10.2 Å². The van der Waals surface area contributed by atoms with Crippen LogP contribution < -0.4 is 5.32 Å². The minimum atomic E-state index is -0.254. The second-order valence-corrected chi connectivity index (χ2v) is 6.46. The normalized spacial score (nSPS) is 23.2. The van der Waals surface area contributed by atoms with Crippen molar-refractivity contribution >= 4 is 29.0 Å². The summed E-state index contributed by atoms with van der Waals surface area (Å²) in [6.45, 7) is 0.860. The Kier molecular flexibility index (Phi) is 3.89. The number of halogens is 2. The van der Waals surface area contributed by atoms with Gasteiger partial charge in [-0.15, -0.1) is 0 Å². The Balaban J connectivity index is 1.68. The van der Waals surface area contributed by atoms with E-state index in [4.69, 9.17) is 28.0 Å². The van der Waals surface area contributed by atoms with Crippen LogP contribution in [0.1, 0.15) is 29.9 Å². The third kappa shape index (κ3) is 2.78. The van der Waals surface area contributed by atoms with Gasteiger partial charge in [0.15, 0.2) is 5.84 Å². The largest absolute Gasteiger partial charge is 0.364 e. The van der Waals surface area contributed by atoms with Crippen molar-refractivity contribution in [2.45, 2.75) is 18.8 Å². The first-order valence-electron chi connectivity index (χ1n) is 7.48. The molecule has 6 heteroatoms. The maximum Gasteiger partial charge on any atom is 0.228 e. The van der Waals surface area contributed by atoms with Crippen LogP contribution in [-0.2, 0) is 4.84 Å². The van der Waals surface area contributed by atoms with E-state index in [1.54, 1.807) is 0 Å². The lowest BCUT2D eigenvalue weighted by Crippen LogP contribution is -2.47. The Morgan fingerprint density at radius 3 is 2.22 bits per heavy atom. The highest BCUT2D eigenvalue weighted by Crippen LogP contribution is 2.37. The molecule has 2 atom stereocenters. The van der Waals surface area contributed by atoms with Gasteiger partial charge in [-0.25, -0.2) is 0 Å². The third-order valence-electron chi connectivity index (χ3n) is 4.11. The number of hydrogen-bond acceptors (Lipinski definition) is 4. The zero-order valence-corrected chi connectivity index (χ0v) is 13.8. The molecule has 2 aromatic carbocycles. The predicted octanol–water partition coefficient (Wildman–Crippen LogP) is 4.33. The fraction of sp³-hybridized carbons (Fsp3) is 0.235. The molecule has 118 valence electrons. The van der Waals surface area contributed by atoms with Gasteiger partial charge in [0.2, 0.25) is 6.23 Å². The number of nitrogens with zero attached hydrogens (tertiary/aromatic N) is 2. The second-order valence-electron chi connectivity index (χ2n) is 5.58. The van der Waals surface area contributed by atoms with Gasteiger partial charge in [0.05, 0.1) is 0 Å². The molecule has 2 heterocycles. The fourth-order valence-electron chi connectivity index (χ4n) is 2.99. The van der Waals surface area contributed by atoms with Gasteiger partial charge in [0.25, 0.3) is 0 Å². The molecule has 0 unspecified atom stereocenters. The average molecular weight is 348 g/mol. The van der Waals surface area contributed by atoms with Crippen LogP contribution in [0.2, 0.25) is 10.0 Å². The standard InChI is InChI=1S/C17H15Cl2N3O/c18-13-5-1-11(2-6-13)16-20-10-9-15-21-23-17(22(15)16)12-3-7-14(19)8-4-12/h1-8,16-17,20H,9-10H2/t16-,17-/m1/s1. The van der Waals surface area contributed by atoms with Crippen molar-refractivity contribution in [2.24, 2.45) is 5.16 Å². The second kappa shape index (κ2) is 6.04. The molecule has 4 nitrogen and oxygen atoms in total. The summed E-state index contributed by atoms with van der Waals surface area (Å²) in [5, 5.41) is 9.24. The van der Waals surface area contributed by atoms with Gasteiger partial charge in [-0.2, -0.15) is 0 Å². The molecule has 2 aromatic rings. The number of oxime groups is 1. The van der Waals surface area contributed by atoms with Crippen LogP contribution >= 0.6 is 23.2 Å². The summed E-state index contributed by atoms with van der Waals surface area (Å²) < 4.78 is 0. The summed E-state index contributed by atoms with van der Waals surface area (Å²) >= 11 is 12.0. The molecule has 2 aliphatic rings. The van der Waals surface area contributed by atoms with Gasteiger partial charge < -0.3 is 4.84 Å². The molecule has 0 radical (unpaired) electrons. The van der Waals surface area contributed by atoms with E-state index in [1.807, 2.05) is 48.5 Å². The molecule has 4 rings (SSSR count). The molecule has 0 saturated carbocycles. The number of hydrogen-bond donors (Lipinski definition) is 1. The lowest BCUT2D eigenvalue weighted by atomic mass is 10.1. The molecule has 23 heavy (non-hydrogen) atoms. The van der Waals surface area contributed by atoms with E-state index in [1.165, 1.54) is 0 Å². The number of rotatable bonds is 2. The topological polar surface area (TPSA) is 36.9 Å². The van der Waals surface area contributed by atoms with Gasteiger partial charge in [0.1, 0.15) is 6.17 Å². The highest BCUT2D eigenvalue weighted by Gasteiger charge is 2.39. The van der Waals surface area contributed by atoms with Crippen LogP contribution in [0.4, 0.5) is 0 Å². The SMILES string of the molecule is Clc1ccc([C@H]2ON=C3CCN[C@@H](c4ccc(Cl)cc4)N32)cc1. The summed E-state index contributed by atoms with van der Waals surface area (Å²) in [6.07, 6.45) is 0.590. The number of amidine groups is 1. The zero-order valence-electron chi connectivity index (χ0n) is 12.2. The summed E-state index contributed by atoms with van der Waals surface area (Å²) in [6, 6.07) is 15.5. The molecule has 0 aromatic heterocycles. The molecule has 0 aliphatic carbocycles. The maximum absolute atomic E-state index is 6.01. The van der Waals surface area contributed by atoms with Crippen molar-refractivity contribution in [3.05, 3.63) is 69.7 Å². The highest BCUT2D eigenvalue weighted by molar-refractivity contribution is 6.30. The van der Waals surface area contributed by atoms with Crippen LogP contribution in [0.5, 0.6) is 0 Å². The minimum Gasteiger partial charge on any atom is -0.364 e. The Labute approximate surface area is 144 Å². The molecule has 1 saturated heterocycles. The number of nitrogens with one attached hydrogen (secondary N) is 1. The van der Waals surface area contributed by atoms with Gasteiger partial charge in [-0.1, -0.05) is 52.6 Å². The van der Waals surface area contributed by atoms with Crippen LogP contribution in [0, 0.1) is 0 Å². The lowest BCUT2D eigenvalue weighted by molar-refractivity contribution is -0.0169. The van der Waals surface area contributed by atoms with E-state index in [0.717, 1.165) is 35.0 Å². The smallest absolute Gasteiger partial charge is 0.228 e. The van der Waals surface area contributed by atoms with Crippen LogP contribution in [0.15, 0.2) is 53.7 Å². The Hall–Kier alpha value is -1.75. The predicted molar refractivity (Wildman–Crippen MR) is 91.4 cm³/mol. The van der Waals surface area contributed by atoms with Crippen molar-refractivity contribution < 1.29 is 4.84 Å². The van der Waals surface area contributed by atoms with E-state index in [0.29, 0.717) is 5.02 Å². The Bertz CT molecular complexity index is 731. The van der Waals surface area contributed by atoms with E-state index >= 15 is 0 Å². The summed E-state index contributed by atoms with van der Waals surface area (Å²) in [7, 11) is 0. The Morgan fingerprint density at radius 1 is 0.957 bits per heavy atom. The first-order valence-corrected chi connectivity index (χ1v) is 8.23. The molecular weight excluding hydrogens is 333 g/mol. The minimum absolute atomic E-state index is 0.00273. The molecule has 1 fully saturated rings. The Morgan fingerprint density at radius 2 is 1.57 bits per heavy atom. The van der Waals surface area contributed by atoms with Crippen molar-refractivity contribution in [3.8, 4) is 0 Å². The fourth-order valence-corrected chi connectivity index (χ4v) is 3.25. The van der Waals surface area contributed by atoms with Gasteiger partial charge in [0, 0.05) is 28.6 Å². The average Bonchev–Trinajstić information content (AvgIpc) is 3.00. The molecular formula is C17H15Cl2N3O. The summed E-state index contributed by atoms with van der Waals surface area (Å²) in [4.78, 5) is 7.88. The number of fused-ring (bicyclic) bond motifs is 1. The van der Waals surface area contributed by atoms with Crippen LogP contribution in [0.25, 0.3) is 0 Å². The quantitative estimate of drug-likeness (QED) is 0.878. The van der Waals surface area contributed by atoms with Gasteiger partial charge >= 0.3 is 0 Å². The van der Waals surface area contributed by atoms with Gasteiger partial charge in [-0.05, 0) is 29.8 Å². The number of benzene rings is 2. The van der Waals surface area contributed by atoms with E-state index in [9.17, 15) is 0 Å². The lowest BCUT2D eigenvalue weighted by Gasteiger charge is -2.37. The van der Waals surface area contributed by atoms with Crippen molar-refractivity contribution in [2.75, 3.05) is 6.54 Å². The van der Waals surface area contributed by atoms with E-state index < -0.39 is 0 Å². The third-order valence-corrected chi connectivity index (χ3v) is 4.62. The van der Waals surface area contributed by atoms with Crippen molar-refractivity contribution in [3.63, 3.8) is 0 Å². The molecule has 0 spiro atoms. The molecule has 0 bridgehead atoms. The maximum atomic E-state index is 6.01. The van der Waals surface area contributed by atoms with Crippen LogP contribution in [0.3, 0.4) is 0 Å². The molecule has 1 N–H and O–H groups in total. The zero-order chi connectivity index (χ0) is 15.8. The van der Waals surface area contributed by atoms with Gasteiger partial charge in [-0.3, -0.25) is 10.2 Å². The van der Waals surface area contributed by atoms with Crippen molar-refractivity contribution in [1.29, 1.82) is 0 Å². The van der Waals surface area contributed by atoms with E-state index in [-0.39, 0.29) is 12.4 Å². The molecule has 2 aliphatic heterocycles. The van der Waals surface area contributed by atoms with E-state index in [2.05, 4.69) is 15.4 Å². The molecule has 0 amide bonds.